The van der Waals surface area contributed by atoms with Crippen molar-refractivity contribution in [1.29, 1.82) is 5.26 Å². The standard InChI is InChI=1S/C16H13F3N2O2/c17-16(18,19)12-4-8-15(21-10-12)23-14-6-2-11(3-7-14)1-5-13(22)9-20/h2-4,6-8,10,13,22H,1,5H2. The monoisotopic (exact) mass is 322 g/mol. The Kier molecular flexibility index (Phi) is 5.19. The molecule has 7 heteroatoms. The van der Waals surface area contributed by atoms with Crippen molar-refractivity contribution >= 4 is 0 Å². The molecule has 0 saturated heterocycles. The lowest BCUT2D eigenvalue weighted by atomic mass is 10.1. The fourth-order valence-electron chi connectivity index (χ4n) is 1.82. The third-order valence-corrected chi connectivity index (χ3v) is 3.06. The van der Waals surface area contributed by atoms with Crippen molar-refractivity contribution in [2.45, 2.75) is 25.1 Å². The molecule has 2 aromatic rings. The fraction of sp³-hybridized carbons (Fsp3) is 0.250. The minimum atomic E-state index is -4.43. The van der Waals surface area contributed by atoms with E-state index >= 15 is 0 Å². The number of alkyl halides is 3. The molecule has 0 spiro atoms. The van der Waals surface area contributed by atoms with Gasteiger partial charge in [-0.25, -0.2) is 4.98 Å². The molecule has 0 fully saturated rings. The fourth-order valence-corrected chi connectivity index (χ4v) is 1.82. The van der Waals surface area contributed by atoms with E-state index in [2.05, 4.69) is 4.98 Å². The van der Waals surface area contributed by atoms with Gasteiger partial charge in [0.15, 0.2) is 0 Å². The van der Waals surface area contributed by atoms with Crippen LogP contribution in [-0.4, -0.2) is 16.2 Å². The Morgan fingerprint density at radius 1 is 1.17 bits per heavy atom. The van der Waals surface area contributed by atoms with Crippen LogP contribution in [0.2, 0.25) is 0 Å². The molecule has 2 rings (SSSR count). The Bertz CT molecular complexity index is 676. The van der Waals surface area contributed by atoms with Gasteiger partial charge in [-0.05, 0) is 36.6 Å². The lowest BCUT2D eigenvalue weighted by molar-refractivity contribution is -0.137. The highest BCUT2D eigenvalue weighted by Crippen LogP contribution is 2.30. The van der Waals surface area contributed by atoms with Gasteiger partial charge in [0.25, 0.3) is 0 Å². The van der Waals surface area contributed by atoms with Crippen molar-refractivity contribution in [1.82, 2.24) is 4.98 Å². The topological polar surface area (TPSA) is 66.1 Å². The van der Waals surface area contributed by atoms with Crippen molar-refractivity contribution in [2.75, 3.05) is 0 Å². The van der Waals surface area contributed by atoms with E-state index in [1.165, 1.54) is 0 Å². The summed E-state index contributed by atoms with van der Waals surface area (Å²) in [5.74, 6) is 0.493. The van der Waals surface area contributed by atoms with Gasteiger partial charge in [-0.1, -0.05) is 12.1 Å². The minimum absolute atomic E-state index is 0.0608. The molecule has 120 valence electrons. The van der Waals surface area contributed by atoms with Gasteiger partial charge in [0.2, 0.25) is 5.88 Å². The summed E-state index contributed by atoms with van der Waals surface area (Å²) in [6, 6.07) is 10.6. The summed E-state index contributed by atoms with van der Waals surface area (Å²) in [4.78, 5) is 3.62. The first-order valence-corrected chi connectivity index (χ1v) is 6.76. The maximum absolute atomic E-state index is 12.4. The largest absolute Gasteiger partial charge is 0.439 e. The Morgan fingerprint density at radius 2 is 1.87 bits per heavy atom. The number of hydrogen-bond donors (Lipinski definition) is 1. The second-order valence-corrected chi connectivity index (χ2v) is 4.81. The number of benzene rings is 1. The Hall–Kier alpha value is -2.59. The number of ether oxygens (including phenoxy) is 1. The van der Waals surface area contributed by atoms with Gasteiger partial charge in [0.1, 0.15) is 11.9 Å². The van der Waals surface area contributed by atoms with Crippen LogP contribution in [0.4, 0.5) is 13.2 Å². The normalized spacial score (nSPS) is 12.5. The highest BCUT2D eigenvalue weighted by Gasteiger charge is 2.30. The number of rotatable bonds is 5. The van der Waals surface area contributed by atoms with Gasteiger partial charge < -0.3 is 9.84 Å². The summed E-state index contributed by atoms with van der Waals surface area (Å²) in [6.45, 7) is 0. The zero-order valence-corrected chi connectivity index (χ0v) is 11.9. The molecule has 1 unspecified atom stereocenters. The first-order chi connectivity index (χ1) is 10.9. The van der Waals surface area contributed by atoms with Crippen LogP contribution < -0.4 is 4.74 Å². The number of nitriles is 1. The van der Waals surface area contributed by atoms with Gasteiger partial charge in [-0.2, -0.15) is 18.4 Å². The minimum Gasteiger partial charge on any atom is -0.439 e. The summed E-state index contributed by atoms with van der Waals surface area (Å²) in [6.07, 6.45) is -3.85. The number of pyridine rings is 1. The highest BCUT2D eigenvalue weighted by atomic mass is 19.4. The molecule has 0 radical (unpaired) electrons. The number of aliphatic hydroxyl groups excluding tert-OH is 1. The molecular formula is C16H13F3N2O2. The molecule has 0 bridgehead atoms. The van der Waals surface area contributed by atoms with Gasteiger partial charge in [0.05, 0.1) is 11.6 Å². The van der Waals surface area contributed by atoms with Gasteiger partial charge >= 0.3 is 6.18 Å². The zero-order valence-electron chi connectivity index (χ0n) is 11.9. The van der Waals surface area contributed by atoms with E-state index < -0.39 is 17.8 Å². The molecule has 0 aliphatic heterocycles. The number of nitrogens with zero attached hydrogens (tertiary/aromatic N) is 2. The summed E-state index contributed by atoms with van der Waals surface area (Å²) < 4.78 is 42.6. The molecule has 23 heavy (non-hydrogen) atoms. The molecule has 4 nitrogen and oxygen atoms in total. The van der Waals surface area contributed by atoms with Crippen LogP contribution >= 0.6 is 0 Å². The molecule has 1 aromatic carbocycles. The van der Waals surface area contributed by atoms with E-state index in [4.69, 9.17) is 10.00 Å². The van der Waals surface area contributed by atoms with Crippen LogP contribution in [0, 0.1) is 11.3 Å². The lowest BCUT2D eigenvalue weighted by Crippen LogP contribution is -2.05. The quantitative estimate of drug-likeness (QED) is 0.852. The van der Waals surface area contributed by atoms with E-state index in [1.807, 2.05) is 0 Å². The maximum Gasteiger partial charge on any atom is 0.417 e. The van der Waals surface area contributed by atoms with Crippen molar-refractivity contribution in [3.05, 3.63) is 53.7 Å². The van der Waals surface area contributed by atoms with E-state index in [0.29, 0.717) is 24.8 Å². The van der Waals surface area contributed by atoms with Crippen molar-refractivity contribution in [3.8, 4) is 17.7 Å². The van der Waals surface area contributed by atoms with Crippen LogP contribution in [0.25, 0.3) is 0 Å². The lowest BCUT2D eigenvalue weighted by Gasteiger charge is -2.08. The Morgan fingerprint density at radius 3 is 2.39 bits per heavy atom. The summed E-state index contributed by atoms with van der Waals surface area (Å²) in [7, 11) is 0. The summed E-state index contributed by atoms with van der Waals surface area (Å²) in [5.41, 5.74) is 0.0725. The van der Waals surface area contributed by atoms with Crippen LogP contribution in [-0.2, 0) is 12.6 Å². The molecule has 1 aromatic heterocycles. The number of aryl methyl sites for hydroxylation is 1. The number of hydrogen-bond acceptors (Lipinski definition) is 4. The smallest absolute Gasteiger partial charge is 0.417 e. The molecule has 0 aliphatic carbocycles. The number of halogens is 3. The molecule has 1 heterocycles. The first kappa shape index (κ1) is 16.8. The molecule has 1 N–H and O–H groups in total. The molecular weight excluding hydrogens is 309 g/mol. The molecule has 1 atom stereocenters. The van der Waals surface area contributed by atoms with E-state index in [-0.39, 0.29) is 5.88 Å². The summed E-state index contributed by atoms with van der Waals surface area (Å²) >= 11 is 0. The van der Waals surface area contributed by atoms with Crippen molar-refractivity contribution < 1.29 is 23.0 Å². The predicted octanol–water partition coefficient (Wildman–Crippen LogP) is 3.71. The number of aliphatic hydroxyl groups is 1. The second kappa shape index (κ2) is 7.11. The maximum atomic E-state index is 12.4. The van der Waals surface area contributed by atoms with Gasteiger partial charge in [-0.15, -0.1) is 0 Å². The van der Waals surface area contributed by atoms with E-state index in [0.717, 1.165) is 17.7 Å². The average Bonchev–Trinajstić information content (AvgIpc) is 2.53. The third kappa shape index (κ3) is 4.97. The van der Waals surface area contributed by atoms with Gasteiger partial charge in [-0.3, -0.25) is 0 Å². The SMILES string of the molecule is N#CC(O)CCc1ccc(Oc2ccc(C(F)(F)F)cn2)cc1. The average molecular weight is 322 g/mol. The van der Waals surface area contributed by atoms with Gasteiger partial charge in [0, 0.05) is 12.3 Å². The van der Waals surface area contributed by atoms with Crippen LogP contribution in [0.15, 0.2) is 42.6 Å². The van der Waals surface area contributed by atoms with E-state index in [1.54, 1.807) is 30.3 Å². The third-order valence-electron chi connectivity index (χ3n) is 3.06. The Labute approximate surface area is 130 Å². The van der Waals surface area contributed by atoms with Crippen molar-refractivity contribution in [3.63, 3.8) is 0 Å². The second-order valence-electron chi connectivity index (χ2n) is 4.81. The highest BCUT2D eigenvalue weighted by molar-refractivity contribution is 5.31. The molecule has 0 amide bonds. The molecule has 0 saturated carbocycles. The van der Waals surface area contributed by atoms with Crippen molar-refractivity contribution in [2.24, 2.45) is 0 Å². The Balaban J connectivity index is 1.97. The molecule has 0 aliphatic rings. The van der Waals surface area contributed by atoms with Crippen LogP contribution in [0.3, 0.4) is 0 Å². The van der Waals surface area contributed by atoms with Crippen LogP contribution in [0.5, 0.6) is 11.6 Å². The first-order valence-electron chi connectivity index (χ1n) is 6.76. The summed E-state index contributed by atoms with van der Waals surface area (Å²) in [5, 5.41) is 17.7. The van der Waals surface area contributed by atoms with Crippen LogP contribution in [0.1, 0.15) is 17.5 Å². The zero-order chi connectivity index (χ0) is 16.9. The predicted molar refractivity (Wildman–Crippen MR) is 75.7 cm³/mol. The number of aromatic nitrogens is 1. The van der Waals surface area contributed by atoms with E-state index in [9.17, 15) is 18.3 Å².